The summed E-state index contributed by atoms with van der Waals surface area (Å²) in [5.74, 6) is 0. The minimum absolute atomic E-state index is 0.0202. The van der Waals surface area contributed by atoms with Gasteiger partial charge in [0.05, 0.1) is 17.5 Å². The number of halogens is 1. The lowest BCUT2D eigenvalue weighted by molar-refractivity contribution is -0.0229. The molecule has 1 aliphatic rings. The maximum atomic E-state index is 12.1. The summed E-state index contributed by atoms with van der Waals surface area (Å²) in [6.07, 6.45) is 1.47. The summed E-state index contributed by atoms with van der Waals surface area (Å²) in [7, 11) is 0. The van der Waals surface area contributed by atoms with Crippen molar-refractivity contribution in [3.63, 3.8) is 0 Å². The normalized spacial score (nSPS) is 21.8. The van der Waals surface area contributed by atoms with Crippen LogP contribution in [0.15, 0.2) is 22.9 Å². The molecule has 0 aromatic carbocycles. The van der Waals surface area contributed by atoms with Crippen molar-refractivity contribution in [2.75, 3.05) is 6.54 Å². The SMILES string of the molecule is CC1C(n2nc(Br)c3cccnc32)CN1C(=O)OC(C)(C)C. The molecule has 0 saturated carbocycles. The van der Waals surface area contributed by atoms with Crippen molar-refractivity contribution in [2.45, 2.75) is 45.4 Å². The minimum Gasteiger partial charge on any atom is -0.444 e. The maximum Gasteiger partial charge on any atom is 0.410 e. The first-order chi connectivity index (χ1) is 10.3. The lowest BCUT2D eigenvalue weighted by atomic mass is 9.99. The molecule has 2 unspecified atom stereocenters. The van der Waals surface area contributed by atoms with E-state index in [2.05, 4.69) is 26.0 Å². The van der Waals surface area contributed by atoms with Gasteiger partial charge in [0.1, 0.15) is 10.2 Å². The van der Waals surface area contributed by atoms with E-state index in [1.54, 1.807) is 11.1 Å². The fourth-order valence-electron chi connectivity index (χ4n) is 2.60. The molecule has 0 aliphatic carbocycles. The molecule has 0 bridgehead atoms. The van der Waals surface area contributed by atoms with E-state index in [9.17, 15) is 4.79 Å². The Morgan fingerprint density at radius 3 is 2.82 bits per heavy atom. The van der Waals surface area contributed by atoms with E-state index in [-0.39, 0.29) is 18.2 Å². The van der Waals surface area contributed by atoms with Crippen molar-refractivity contribution in [1.29, 1.82) is 0 Å². The van der Waals surface area contributed by atoms with E-state index in [1.807, 2.05) is 44.5 Å². The van der Waals surface area contributed by atoms with Gasteiger partial charge in [-0.25, -0.2) is 14.5 Å². The highest BCUT2D eigenvalue weighted by molar-refractivity contribution is 9.10. The minimum atomic E-state index is -0.481. The van der Waals surface area contributed by atoms with E-state index < -0.39 is 5.60 Å². The van der Waals surface area contributed by atoms with Crippen LogP contribution in [0.4, 0.5) is 4.79 Å². The predicted molar refractivity (Wildman–Crippen MR) is 86.7 cm³/mol. The fourth-order valence-corrected chi connectivity index (χ4v) is 3.08. The first-order valence-corrected chi connectivity index (χ1v) is 8.05. The Balaban J connectivity index is 1.80. The summed E-state index contributed by atoms with van der Waals surface area (Å²) in [5, 5.41) is 5.50. The monoisotopic (exact) mass is 366 g/mol. The van der Waals surface area contributed by atoms with Crippen molar-refractivity contribution in [3.8, 4) is 0 Å². The number of likely N-dealkylation sites (tertiary alicyclic amines) is 1. The molecule has 1 aliphatic heterocycles. The second-order valence-electron chi connectivity index (χ2n) is 6.55. The molecule has 0 spiro atoms. The Morgan fingerprint density at radius 2 is 2.18 bits per heavy atom. The molecule has 1 saturated heterocycles. The zero-order chi connectivity index (χ0) is 16.1. The van der Waals surface area contributed by atoms with Crippen LogP contribution in [0.5, 0.6) is 0 Å². The summed E-state index contributed by atoms with van der Waals surface area (Å²) in [6.45, 7) is 8.19. The van der Waals surface area contributed by atoms with Gasteiger partial charge in [-0.2, -0.15) is 5.10 Å². The van der Waals surface area contributed by atoms with Gasteiger partial charge < -0.3 is 9.64 Å². The van der Waals surface area contributed by atoms with Crippen molar-refractivity contribution in [1.82, 2.24) is 19.7 Å². The molecular formula is C15H19BrN4O2. The van der Waals surface area contributed by atoms with E-state index in [1.165, 1.54) is 0 Å². The highest BCUT2D eigenvalue weighted by Crippen LogP contribution is 2.34. The quantitative estimate of drug-likeness (QED) is 0.776. The van der Waals surface area contributed by atoms with E-state index in [0.29, 0.717) is 6.54 Å². The van der Waals surface area contributed by atoms with E-state index >= 15 is 0 Å². The van der Waals surface area contributed by atoms with Gasteiger partial charge in [0.15, 0.2) is 5.65 Å². The van der Waals surface area contributed by atoms with Gasteiger partial charge in [0.25, 0.3) is 0 Å². The number of fused-ring (bicyclic) bond motifs is 1. The summed E-state index contributed by atoms with van der Waals surface area (Å²) in [5.41, 5.74) is 0.347. The number of amides is 1. The van der Waals surface area contributed by atoms with Gasteiger partial charge in [-0.05, 0) is 55.8 Å². The number of aromatic nitrogens is 3. The molecule has 1 amide bonds. The van der Waals surface area contributed by atoms with E-state index in [4.69, 9.17) is 4.74 Å². The highest BCUT2D eigenvalue weighted by atomic mass is 79.9. The van der Waals surface area contributed by atoms with Crippen molar-refractivity contribution in [3.05, 3.63) is 22.9 Å². The Labute approximate surface area is 137 Å². The number of pyridine rings is 1. The lowest BCUT2D eigenvalue weighted by Gasteiger charge is -2.46. The van der Waals surface area contributed by atoms with E-state index in [0.717, 1.165) is 15.6 Å². The van der Waals surface area contributed by atoms with Crippen LogP contribution in [0.25, 0.3) is 11.0 Å². The van der Waals surface area contributed by atoms with Crippen LogP contribution < -0.4 is 0 Å². The molecule has 118 valence electrons. The Kier molecular flexibility index (Phi) is 3.63. The average molecular weight is 367 g/mol. The van der Waals surface area contributed by atoms with Crippen LogP contribution in [0.1, 0.15) is 33.7 Å². The number of hydrogen-bond acceptors (Lipinski definition) is 4. The van der Waals surface area contributed by atoms with Gasteiger partial charge in [-0.15, -0.1) is 0 Å². The third-order valence-electron chi connectivity index (χ3n) is 3.80. The number of carbonyl (C=O) groups is 1. The van der Waals surface area contributed by atoms with Gasteiger partial charge in [0.2, 0.25) is 0 Å². The number of rotatable bonds is 1. The molecule has 0 radical (unpaired) electrons. The van der Waals surface area contributed by atoms with Crippen molar-refractivity contribution < 1.29 is 9.53 Å². The average Bonchev–Trinajstić information content (AvgIpc) is 2.73. The van der Waals surface area contributed by atoms with Gasteiger partial charge >= 0.3 is 6.09 Å². The molecule has 2 aromatic heterocycles. The van der Waals surface area contributed by atoms with Gasteiger partial charge in [-0.3, -0.25) is 0 Å². The second kappa shape index (κ2) is 5.22. The lowest BCUT2D eigenvalue weighted by Crippen LogP contribution is -2.58. The molecule has 6 nitrogen and oxygen atoms in total. The largest absolute Gasteiger partial charge is 0.444 e. The van der Waals surface area contributed by atoms with Crippen LogP contribution in [0.2, 0.25) is 0 Å². The fraction of sp³-hybridized carbons (Fsp3) is 0.533. The molecule has 1 fully saturated rings. The number of ether oxygens (including phenoxy) is 1. The van der Waals surface area contributed by atoms with Crippen molar-refractivity contribution in [2.24, 2.45) is 0 Å². The summed E-state index contributed by atoms with van der Waals surface area (Å²) in [4.78, 5) is 18.3. The molecular weight excluding hydrogens is 348 g/mol. The van der Waals surface area contributed by atoms with Crippen LogP contribution in [-0.4, -0.2) is 43.9 Å². The smallest absolute Gasteiger partial charge is 0.410 e. The Hall–Kier alpha value is -1.63. The number of carbonyl (C=O) groups excluding carboxylic acids is 1. The second-order valence-corrected chi connectivity index (χ2v) is 7.30. The third kappa shape index (κ3) is 2.58. The zero-order valence-corrected chi connectivity index (χ0v) is 14.7. The molecule has 3 heterocycles. The molecule has 0 N–H and O–H groups in total. The molecule has 2 aromatic rings. The van der Waals surface area contributed by atoms with Crippen molar-refractivity contribution >= 4 is 33.1 Å². The topological polar surface area (TPSA) is 60.2 Å². The number of nitrogens with zero attached hydrogens (tertiary/aromatic N) is 4. The predicted octanol–water partition coefficient (Wildman–Crippen LogP) is 3.37. The Morgan fingerprint density at radius 1 is 1.45 bits per heavy atom. The van der Waals surface area contributed by atoms with Crippen LogP contribution in [-0.2, 0) is 4.74 Å². The molecule has 7 heteroatoms. The van der Waals surface area contributed by atoms with Gasteiger partial charge in [0, 0.05) is 12.7 Å². The summed E-state index contributed by atoms with van der Waals surface area (Å²) < 4.78 is 8.09. The van der Waals surface area contributed by atoms with Gasteiger partial charge in [-0.1, -0.05) is 0 Å². The third-order valence-corrected chi connectivity index (χ3v) is 4.38. The van der Waals surface area contributed by atoms with Crippen LogP contribution >= 0.6 is 15.9 Å². The molecule has 3 rings (SSSR count). The summed E-state index contributed by atoms with van der Waals surface area (Å²) >= 11 is 3.47. The molecule has 22 heavy (non-hydrogen) atoms. The van der Waals surface area contributed by atoms with Crippen LogP contribution in [0.3, 0.4) is 0 Å². The maximum absolute atomic E-state index is 12.1. The highest BCUT2D eigenvalue weighted by Gasteiger charge is 2.43. The van der Waals surface area contributed by atoms with Crippen LogP contribution in [0, 0.1) is 0 Å². The molecule has 2 atom stereocenters. The number of hydrogen-bond donors (Lipinski definition) is 0. The zero-order valence-electron chi connectivity index (χ0n) is 13.1. The first-order valence-electron chi connectivity index (χ1n) is 7.26. The Bertz CT molecular complexity index is 722. The summed E-state index contributed by atoms with van der Waals surface area (Å²) in [6, 6.07) is 3.99. The first kappa shape index (κ1) is 15.3. The standard InChI is InChI=1S/C15H19BrN4O2/c1-9-11(8-19(9)14(21)22-15(2,3)4)20-13-10(12(16)18-20)6-5-7-17-13/h5-7,9,11H,8H2,1-4H3.